The number of benzene rings is 1. The van der Waals surface area contributed by atoms with Crippen LogP contribution in [0.25, 0.3) is 0 Å². The summed E-state index contributed by atoms with van der Waals surface area (Å²) in [6.45, 7) is 0.955. The molecule has 0 amide bonds. The molecule has 3 heteroatoms. The van der Waals surface area contributed by atoms with Gasteiger partial charge < -0.3 is 10.1 Å². The van der Waals surface area contributed by atoms with Crippen LogP contribution in [0.5, 0.6) is 5.75 Å². The van der Waals surface area contributed by atoms with Gasteiger partial charge in [0.2, 0.25) is 0 Å². The second kappa shape index (κ2) is 3.95. The van der Waals surface area contributed by atoms with Gasteiger partial charge in [-0.15, -0.1) is 0 Å². The lowest BCUT2D eigenvalue weighted by Gasteiger charge is -2.42. The Morgan fingerprint density at radius 1 is 1.19 bits per heavy atom. The van der Waals surface area contributed by atoms with Gasteiger partial charge in [-0.1, -0.05) is 12.5 Å². The Labute approximate surface area is 105 Å². The molecule has 1 fully saturated rings. The van der Waals surface area contributed by atoms with Crippen molar-refractivity contribution in [1.29, 1.82) is 0 Å². The fourth-order valence-electron chi connectivity index (χ4n) is 2.74. The lowest BCUT2D eigenvalue weighted by Crippen LogP contribution is -2.47. The Balaban J connectivity index is 1.92. The zero-order chi connectivity index (χ0) is 11.0. The lowest BCUT2D eigenvalue weighted by molar-refractivity contribution is 0.0362. The molecule has 1 heterocycles. The molecule has 86 valence electrons. The van der Waals surface area contributed by atoms with Crippen LogP contribution in [0.4, 0.5) is 5.69 Å². The van der Waals surface area contributed by atoms with E-state index in [0.717, 1.165) is 22.5 Å². The normalized spacial score (nSPS) is 22.1. The molecule has 1 aliphatic heterocycles. The van der Waals surface area contributed by atoms with E-state index in [-0.39, 0.29) is 5.60 Å². The summed E-state index contributed by atoms with van der Waals surface area (Å²) in [6.07, 6.45) is 6.30. The quantitative estimate of drug-likeness (QED) is 0.777. The van der Waals surface area contributed by atoms with Crippen LogP contribution in [0, 0.1) is 0 Å². The summed E-state index contributed by atoms with van der Waals surface area (Å²) < 4.78 is 7.34. The Kier molecular flexibility index (Phi) is 2.58. The maximum Gasteiger partial charge on any atom is 0.157 e. The Morgan fingerprint density at radius 2 is 2.00 bits per heavy atom. The highest BCUT2D eigenvalue weighted by atomic mass is 79.9. The summed E-state index contributed by atoms with van der Waals surface area (Å²) in [6, 6.07) is 6.16. The van der Waals surface area contributed by atoms with E-state index in [1.54, 1.807) is 0 Å². The van der Waals surface area contributed by atoms with E-state index in [0.29, 0.717) is 0 Å². The molecule has 16 heavy (non-hydrogen) atoms. The van der Waals surface area contributed by atoms with Crippen LogP contribution in [0.15, 0.2) is 22.7 Å². The number of ether oxygens (including phenoxy) is 1. The zero-order valence-electron chi connectivity index (χ0n) is 9.26. The maximum atomic E-state index is 6.28. The van der Waals surface area contributed by atoms with Crippen LogP contribution < -0.4 is 10.1 Å². The van der Waals surface area contributed by atoms with Gasteiger partial charge in [0, 0.05) is 0 Å². The smallest absolute Gasteiger partial charge is 0.157 e. The van der Waals surface area contributed by atoms with Gasteiger partial charge in [-0.2, -0.15) is 0 Å². The van der Waals surface area contributed by atoms with Crippen LogP contribution in [0.2, 0.25) is 0 Å². The van der Waals surface area contributed by atoms with Gasteiger partial charge in [0.1, 0.15) is 5.60 Å². The first-order valence-electron chi connectivity index (χ1n) is 6.01. The van der Waals surface area contributed by atoms with Crippen molar-refractivity contribution in [3.8, 4) is 5.75 Å². The largest absolute Gasteiger partial charge is 0.482 e. The molecule has 1 spiro atoms. The highest BCUT2D eigenvalue weighted by Gasteiger charge is 2.38. The summed E-state index contributed by atoms with van der Waals surface area (Å²) in [5, 5.41) is 3.51. The van der Waals surface area contributed by atoms with Crippen molar-refractivity contribution in [2.45, 2.75) is 37.7 Å². The number of hydrogen-bond acceptors (Lipinski definition) is 2. The third-order valence-corrected chi connectivity index (χ3v) is 4.28. The number of hydrogen-bond donors (Lipinski definition) is 1. The molecule has 1 aromatic rings. The van der Waals surface area contributed by atoms with Crippen molar-refractivity contribution in [2.24, 2.45) is 0 Å². The molecule has 0 atom stereocenters. The summed E-state index contributed by atoms with van der Waals surface area (Å²) in [5.74, 6) is 0.996. The summed E-state index contributed by atoms with van der Waals surface area (Å²) in [7, 11) is 0. The third-order valence-electron chi connectivity index (χ3n) is 3.65. The van der Waals surface area contributed by atoms with Gasteiger partial charge in [0.25, 0.3) is 0 Å². The summed E-state index contributed by atoms with van der Waals surface area (Å²) in [4.78, 5) is 0. The van der Waals surface area contributed by atoms with E-state index < -0.39 is 0 Å². The van der Waals surface area contributed by atoms with Crippen LogP contribution in [-0.4, -0.2) is 12.1 Å². The first kappa shape index (κ1) is 10.5. The minimum absolute atomic E-state index is 0.0507. The van der Waals surface area contributed by atoms with E-state index in [2.05, 4.69) is 27.3 Å². The first-order valence-corrected chi connectivity index (χ1v) is 6.80. The van der Waals surface area contributed by atoms with Crippen LogP contribution >= 0.6 is 15.9 Å². The average Bonchev–Trinajstić information content (AvgIpc) is 2.32. The van der Waals surface area contributed by atoms with E-state index in [1.807, 2.05) is 12.1 Å². The second-order valence-electron chi connectivity index (χ2n) is 4.82. The number of nitrogens with one attached hydrogen (secondary N) is 1. The van der Waals surface area contributed by atoms with E-state index in [4.69, 9.17) is 4.74 Å². The second-order valence-corrected chi connectivity index (χ2v) is 5.67. The number of halogens is 1. The van der Waals surface area contributed by atoms with Gasteiger partial charge in [0.15, 0.2) is 5.75 Å². The lowest BCUT2D eigenvalue weighted by atomic mass is 9.83. The molecule has 0 bridgehead atoms. The molecular weight excluding hydrogens is 266 g/mol. The van der Waals surface area contributed by atoms with Crippen molar-refractivity contribution in [2.75, 3.05) is 11.9 Å². The fourth-order valence-corrected chi connectivity index (χ4v) is 3.18. The predicted molar refractivity (Wildman–Crippen MR) is 69.1 cm³/mol. The number of fused-ring (bicyclic) bond motifs is 1. The molecule has 0 unspecified atom stereocenters. The zero-order valence-corrected chi connectivity index (χ0v) is 10.8. The van der Waals surface area contributed by atoms with Gasteiger partial charge >= 0.3 is 0 Å². The number of anilines is 1. The monoisotopic (exact) mass is 281 g/mol. The van der Waals surface area contributed by atoms with Gasteiger partial charge in [-0.05, 0) is 53.7 Å². The SMILES string of the molecule is Brc1cccc2c1OC1(CCCCC1)CN2. The Bertz CT molecular complexity index is 399. The minimum Gasteiger partial charge on any atom is -0.482 e. The van der Waals surface area contributed by atoms with Gasteiger partial charge in [-0.3, -0.25) is 0 Å². The predicted octanol–water partition coefficient (Wildman–Crippen LogP) is 3.96. The Hall–Kier alpha value is -0.700. The fraction of sp³-hybridized carbons (Fsp3) is 0.538. The summed E-state index contributed by atoms with van der Waals surface area (Å²) in [5.41, 5.74) is 1.17. The van der Waals surface area contributed by atoms with Crippen molar-refractivity contribution in [3.05, 3.63) is 22.7 Å². The minimum atomic E-state index is 0.0507. The standard InChI is InChI=1S/C13H16BrNO/c14-10-5-4-6-11-12(10)16-13(9-15-11)7-2-1-3-8-13/h4-6,15H,1-3,7-9H2. The molecule has 2 nitrogen and oxygen atoms in total. The number of rotatable bonds is 0. The molecule has 3 rings (SSSR count). The molecule has 0 saturated heterocycles. The molecule has 0 aromatic heterocycles. The average molecular weight is 282 g/mol. The maximum absolute atomic E-state index is 6.28. The molecule has 1 aliphatic carbocycles. The van der Waals surface area contributed by atoms with Gasteiger partial charge in [-0.25, -0.2) is 0 Å². The molecule has 1 aromatic carbocycles. The van der Waals surface area contributed by atoms with Crippen molar-refractivity contribution in [1.82, 2.24) is 0 Å². The van der Waals surface area contributed by atoms with Crippen molar-refractivity contribution in [3.63, 3.8) is 0 Å². The molecule has 0 radical (unpaired) electrons. The summed E-state index contributed by atoms with van der Waals surface area (Å²) >= 11 is 3.57. The molecule has 2 aliphatic rings. The highest BCUT2D eigenvalue weighted by molar-refractivity contribution is 9.10. The van der Waals surface area contributed by atoms with Crippen molar-refractivity contribution < 1.29 is 4.74 Å². The van der Waals surface area contributed by atoms with Crippen LogP contribution in [0.1, 0.15) is 32.1 Å². The third kappa shape index (κ3) is 1.71. The first-order chi connectivity index (χ1) is 7.79. The van der Waals surface area contributed by atoms with Gasteiger partial charge in [0.05, 0.1) is 16.7 Å². The highest BCUT2D eigenvalue weighted by Crippen LogP contribution is 2.43. The van der Waals surface area contributed by atoms with Crippen LogP contribution in [0.3, 0.4) is 0 Å². The van der Waals surface area contributed by atoms with E-state index in [1.165, 1.54) is 32.1 Å². The molecule has 1 N–H and O–H groups in total. The van der Waals surface area contributed by atoms with Crippen LogP contribution in [-0.2, 0) is 0 Å². The topological polar surface area (TPSA) is 21.3 Å². The number of para-hydroxylation sites is 1. The van der Waals surface area contributed by atoms with Crippen molar-refractivity contribution >= 4 is 21.6 Å². The Morgan fingerprint density at radius 3 is 2.81 bits per heavy atom. The molecular formula is C13H16BrNO. The van der Waals surface area contributed by atoms with E-state index >= 15 is 0 Å². The molecule has 1 saturated carbocycles. The van der Waals surface area contributed by atoms with E-state index in [9.17, 15) is 0 Å².